The summed E-state index contributed by atoms with van der Waals surface area (Å²) >= 11 is 1.46. The number of aromatic nitrogens is 1. The van der Waals surface area contributed by atoms with Crippen molar-refractivity contribution in [2.75, 3.05) is 0 Å². The number of hydrogen-bond donors (Lipinski definition) is 0. The molecule has 0 aliphatic carbocycles. The summed E-state index contributed by atoms with van der Waals surface area (Å²) in [6.45, 7) is 4.03. The Morgan fingerprint density at radius 3 is 3.00 bits per heavy atom. The summed E-state index contributed by atoms with van der Waals surface area (Å²) < 4.78 is 9.68. The van der Waals surface area contributed by atoms with Crippen LogP contribution >= 0.6 is 11.5 Å². The van der Waals surface area contributed by atoms with Crippen molar-refractivity contribution in [3.8, 4) is 0 Å². The van der Waals surface area contributed by atoms with E-state index in [2.05, 4.69) is 4.37 Å². The Hall–Kier alpha value is -1.16. The number of aryl methyl sites for hydroxylation is 1. The molecule has 92 valence electrons. The molecule has 1 aromatic rings. The van der Waals surface area contributed by atoms with Crippen molar-refractivity contribution in [2.45, 2.75) is 39.2 Å². The molecular weight excluding hydrogens is 234 g/mol. The standard InChI is InChI=1S/C13H17NO2S/c1-9(2)12-6-5-11(16-13(12)15)4-3-10-7-8-17-14-10/h6-9,11H,3-5H2,1-2H3. The first-order valence-corrected chi connectivity index (χ1v) is 6.80. The molecule has 1 aliphatic rings. The van der Waals surface area contributed by atoms with Gasteiger partial charge in [-0.1, -0.05) is 19.9 Å². The zero-order chi connectivity index (χ0) is 12.3. The lowest BCUT2D eigenvalue weighted by molar-refractivity contribution is -0.146. The SMILES string of the molecule is CC(C)C1=CCC(CCc2ccsn2)OC1=O. The molecule has 1 aliphatic heterocycles. The van der Waals surface area contributed by atoms with Crippen molar-refractivity contribution in [2.24, 2.45) is 5.92 Å². The van der Waals surface area contributed by atoms with Gasteiger partial charge in [-0.15, -0.1) is 0 Å². The number of carbonyl (C=O) groups excluding carboxylic acids is 1. The zero-order valence-electron chi connectivity index (χ0n) is 10.2. The second-order valence-electron chi connectivity index (χ2n) is 4.61. The van der Waals surface area contributed by atoms with Gasteiger partial charge in [-0.05, 0) is 36.4 Å². The van der Waals surface area contributed by atoms with Crippen LogP contribution in [0.25, 0.3) is 0 Å². The van der Waals surface area contributed by atoms with Crippen LogP contribution in [0.1, 0.15) is 32.4 Å². The van der Waals surface area contributed by atoms with Gasteiger partial charge in [0.25, 0.3) is 0 Å². The highest BCUT2D eigenvalue weighted by atomic mass is 32.1. The molecule has 0 aromatic carbocycles. The Morgan fingerprint density at radius 2 is 2.41 bits per heavy atom. The van der Waals surface area contributed by atoms with Crippen molar-refractivity contribution in [3.63, 3.8) is 0 Å². The van der Waals surface area contributed by atoms with Crippen molar-refractivity contribution in [1.29, 1.82) is 0 Å². The molecule has 3 nitrogen and oxygen atoms in total. The van der Waals surface area contributed by atoms with Gasteiger partial charge >= 0.3 is 5.97 Å². The minimum absolute atomic E-state index is 0.0201. The van der Waals surface area contributed by atoms with Crippen molar-refractivity contribution in [1.82, 2.24) is 4.37 Å². The normalized spacial score (nSPS) is 20.3. The first kappa shape index (κ1) is 12.3. The minimum atomic E-state index is -0.144. The number of carbonyl (C=O) groups is 1. The highest BCUT2D eigenvalue weighted by Gasteiger charge is 2.24. The van der Waals surface area contributed by atoms with Crippen LogP contribution in [0.4, 0.5) is 0 Å². The molecule has 0 saturated heterocycles. The number of hydrogen-bond acceptors (Lipinski definition) is 4. The number of ether oxygens (including phenoxy) is 1. The van der Waals surface area contributed by atoms with E-state index < -0.39 is 0 Å². The molecule has 0 N–H and O–H groups in total. The predicted octanol–water partition coefficient (Wildman–Crippen LogP) is 2.97. The Balaban J connectivity index is 1.87. The third kappa shape index (κ3) is 3.16. The van der Waals surface area contributed by atoms with Gasteiger partial charge in [0.15, 0.2) is 0 Å². The first-order valence-electron chi connectivity index (χ1n) is 5.97. The largest absolute Gasteiger partial charge is 0.459 e. The highest BCUT2D eigenvalue weighted by molar-refractivity contribution is 7.03. The Labute approximate surface area is 106 Å². The minimum Gasteiger partial charge on any atom is -0.459 e. The molecular formula is C13H17NO2S. The summed E-state index contributed by atoms with van der Waals surface area (Å²) in [6.07, 6.45) is 4.63. The van der Waals surface area contributed by atoms with Crippen LogP contribution in [-0.4, -0.2) is 16.4 Å². The van der Waals surface area contributed by atoms with E-state index in [-0.39, 0.29) is 18.0 Å². The van der Waals surface area contributed by atoms with Crippen molar-refractivity contribution < 1.29 is 9.53 Å². The van der Waals surface area contributed by atoms with Crippen LogP contribution in [0.15, 0.2) is 23.1 Å². The van der Waals surface area contributed by atoms with Crippen LogP contribution in [-0.2, 0) is 16.0 Å². The molecule has 17 heavy (non-hydrogen) atoms. The number of rotatable bonds is 4. The Kier molecular flexibility index (Phi) is 3.94. The maximum absolute atomic E-state index is 11.7. The highest BCUT2D eigenvalue weighted by Crippen LogP contribution is 2.22. The molecule has 0 bridgehead atoms. The molecule has 0 fully saturated rings. The number of cyclic esters (lactones) is 1. The molecule has 1 atom stereocenters. The van der Waals surface area contributed by atoms with Gasteiger partial charge in [0.2, 0.25) is 0 Å². The van der Waals surface area contributed by atoms with E-state index in [9.17, 15) is 4.79 Å². The molecule has 4 heteroatoms. The fourth-order valence-electron chi connectivity index (χ4n) is 1.93. The molecule has 2 rings (SSSR count). The van der Waals surface area contributed by atoms with Crippen LogP contribution in [0.3, 0.4) is 0 Å². The smallest absolute Gasteiger partial charge is 0.334 e. The summed E-state index contributed by atoms with van der Waals surface area (Å²) in [6, 6.07) is 2.02. The van der Waals surface area contributed by atoms with Gasteiger partial charge < -0.3 is 4.74 Å². The molecule has 1 aromatic heterocycles. The van der Waals surface area contributed by atoms with Crippen LogP contribution < -0.4 is 0 Å². The van der Waals surface area contributed by atoms with Gasteiger partial charge in [-0.25, -0.2) is 4.79 Å². The Bertz CT molecular complexity index is 409. The van der Waals surface area contributed by atoms with E-state index in [1.807, 2.05) is 31.4 Å². The van der Waals surface area contributed by atoms with Crippen molar-refractivity contribution in [3.05, 3.63) is 28.8 Å². The molecule has 0 saturated carbocycles. The maximum atomic E-state index is 11.7. The Morgan fingerprint density at radius 1 is 1.59 bits per heavy atom. The van der Waals surface area contributed by atoms with E-state index in [4.69, 9.17) is 4.74 Å². The second kappa shape index (κ2) is 5.45. The average molecular weight is 251 g/mol. The van der Waals surface area contributed by atoms with E-state index in [0.717, 1.165) is 30.5 Å². The van der Waals surface area contributed by atoms with Gasteiger partial charge in [0, 0.05) is 17.4 Å². The van der Waals surface area contributed by atoms with E-state index in [0.29, 0.717) is 0 Å². The molecule has 1 unspecified atom stereocenters. The number of nitrogens with zero attached hydrogens (tertiary/aromatic N) is 1. The van der Waals surface area contributed by atoms with Gasteiger partial charge in [0.1, 0.15) is 6.10 Å². The zero-order valence-corrected chi connectivity index (χ0v) is 11.0. The van der Waals surface area contributed by atoms with Crippen LogP contribution in [0.5, 0.6) is 0 Å². The van der Waals surface area contributed by atoms with E-state index in [1.165, 1.54) is 11.5 Å². The summed E-state index contributed by atoms with van der Waals surface area (Å²) in [5.41, 5.74) is 1.90. The third-order valence-corrected chi connectivity index (χ3v) is 3.54. The number of esters is 1. The van der Waals surface area contributed by atoms with Gasteiger partial charge in [0.05, 0.1) is 5.69 Å². The molecule has 0 spiro atoms. The van der Waals surface area contributed by atoms with Gasteiger partial charge in [-0.3, -0.25) is 0 Å². The van der Waals surface area contributed by atoms with E-state index in [1.54, 1.807) is 0 Å². The lowest BCUT2D eigenvalue weighted by Gasteiger charge is -2.23. The quantitative estimate of drug-likeness (QED) is 0.772. The fourth-order valence-corrected chi connectivity index (χ4v) is 2.50. The first-order chi connectivity index (χ1) is 8.16. The lowest BCUT2D eigenvalue weighted by atomic mass is 9.97. The fraction of sp³-hybridized carbons (Fsp3) is 0.538. The maximum Gasteiger partial charge on any atom is 0.334 e. The van der Waals surface area contributed by atoms with E-state index >= 15 is 0 Å². The van der Waals surface area contributed by atoms with Gasteiger partial charge in [-0.2, -0.15) is 4.37 Å². The molecule has 0 radical (unpaired) electrons. The summed E-state index contributed by atoms with van der Waals surface area (Å²) in [5, 5.41) is 1.97. The second-order valence-corrected chi connectivity index (χ2v) is 5.27. The predicted molar refractivity (Wildman–Crippen MR) is 67.9 cm³/mol. The molecule has 2 heterocycles. The molecule has 0 amide bonds. The third-order valence-electron chi connectivity index (χ3n) is 2.95. The summed E-state index contributed by atoms with van der Waals surface area (Å²) in [5.74, 6) is 0.108. The lowest BCUT2D eigenvalue weighted by Crippen LogP contribution is -2.26. The average Bonchev–Trinajstić information content (AvgIpc) is 2.78. The summed E-state index contributed by atoms with van der Waals surface area (Å²) in [7, 11) is 0. The van der Waals surface area contributed by atoms with Crippen LogP contribution in [0.2, 0.25) is 0 Å². The van der Waals surface area contributed by atoms with Crippen molar-refractivity contribution >= 4 is 17.5 Å². The monoisotopic (exact) mass is 251 g/mol. The summed E-state index contributed by atoms with van der Waals surface area (Å²) in [4.78, 5) is 11.7. The topological polar surface area (TPSA) is 39.2 Å². The van der Waals surface area contributed by atoms with Crippen LogP contribution in [0, 0.1) is 5.92 Å².